The van der Waals surface area contributed by atoms with Crippen LogP contribution in [0.15, 0.2) is 24.3 Å². The van der Waals surface area contributed by atoms with E-state index in [9.17, 15) is 13.2 Å². The molecule has 1 heterocycles. The van der Waals surface area contributed by atoms with Gasteiger partial charge in [-0.3, -0.25) is 0 Å². The largest absolute Gasteiger partial charge is 0.416 e. The van der Waals surface area contributed by atoms with Gasteiger partial charge in [0.25, 0.3) is 0 Å². The maximum absolute atomic E-state index is 12.2. The van der Waals surface area contributed by atoms with Gasteiger partial charge in [-0.25, -0.2) is 0 Å². The Morgan fingerprint density at radius 1 is 1.27 bits per heavy atom. The molecule has 5 heteroatoms. The summed E-state index contributed by atoms with van der Waals surface area (Å²) in [6, 6.07) is 4.97. The van der Waals surface area contributed by atoms with Crippen LogP contribution in [0.25, 0.3) is 0 Å². The van der Waals surface area contributed by atoms with Gasteiger partial charge in [-0.15, -0.1) is 0 Å². The fourth-order valence-electron chi connectivity index (χ4n) is 1.19. The van der Waals surface area contributed by atoms with Gasteiger partial charge in [-0.05, 0) is 24.3 Å². The maximum Gasteiger partial charge on any atom is 0.416 e. The van der Waals surface area contributed by atoms with Crippen LogP contribution in [-0.2, 0) is 10.9 Å². The predicted octanol–water partition coefficient (Wildman–Crippen LogP) is 2.52. The molecule has 1 aromatic rings. The highest BCUT2D eigenvalue weighted by molar-refractivity contribution is 5.45. The van der Waals surface area contributed by atoms with Crippen LogP contribution in [0.3, 0.4) is 0 Å². The third-order valence-electron chi connectivity index (χ3n) is 2.15. The molecule has 1 aliphatic heterocycles. The number of hydrogen-bond acceptors (Lipinski definition) is 2. The van der Waals surface area contributed by atoms with Crippen LogP contribution < -0.4 is 5.32 Å². The first-order valence-electron chi connectivity index (χ1n) is 4.58. The minimum Gasteiger partial charge on any atom is -0.382 e. The lowest BCUT2D eigenvalue weighted by molar-refractivity contribution is -0.137. The summed E-state index contributed by atoms with van der Waals surface area (Å²) in [7, 11) is 0. The third-order valence-corrected chi connectivity index (χ3v) is 2.15. The molecule has 0 bridgehead atoms. The van der Waals surface area contributed by atoms with Gasteiger partial charge in [0, 0.05) is 12.2 Å². The molecule has 0 aliphatic carbocycles. The second kappa shape index (κ2) is 3.73. The summed E-state index contributed by atoms with van der Waals surface area (Å²) < 4.78 is 41.6. The van der Waals surface area contributed by atoms with E-state index in [1.165, 1.54) is 12.1 Å². The highest BCUT2D eigenvalue weighted by atomic mass is 19.4. The van der Waals surface area contributed by atoms with E-state index in [4.69, 9.17) is 4.74 Å². The number of halogens is 3. The zero-order valence-electron chi connectivity index (χ0n) is 7.84. The van der Waals surface area contributed by atoms with Gasteiger partial charge in [0.2, 0.25) is 0 Å². The molecule has 1 atom stereocenters. The summed E-state index contributed by atoms with van der Waals surface area (Å²) in [6.07, 6.45) is -4.05. The van der Waals surface area contributed by atoms with Crippen molar-refractivity contribution in [2.75, 3.05) is 18.5 Å². The first kappa shape index (κ1) is 10.3. The van der Waals surface area contributed by atoms with E-state index in [1.54, 1.807) is 0 Å². The summed E-state index contributed by atoms with van der Waals surface area (Å²) in [5.74, 6) is 0. The average Bonchev–Trinajstić information content (AvgIpc) is 2.97. The molecule has 0 amide bonds. The lowest BCUT2D eigenvalue weighted by Crippen LogP contribution is -2.08. The molecule has 15 heavy (non-hydrogen) atoms. The summed E-state index contributed by atoms with van der Waals surface area (Å²) in [5.41, 5.74) is 0.0502. The van der Waals surface area contributed by atoms with Crippen molar-refractivity contribution in [1.29, 1.82) is 0 Å². The molecule has 2 rings (SSSR count). The lowest BCUT2D eigenvalue weighted by atomic mass is 10.2. The van der Waals surface area contributed by atoms with Crippen molar-refractivity contribution in [3.05, 3.63) is 29.8 Å². The molecule has 0 radical (unpaired) electrons. The zero-order chi connectivity index (χ0) is 10.9. The van der Waals surface area contributed by atoms with E-state index in [1.807, 2.05) is 0 Å². The highest BCUT2D eigenvalue weighted by Gasteiger charge is 2.30. The van der Waals surface area contributed by atoms with Crippen LogP contribution in [0.5, 0.6) is 0 Å². The normalized spacial score (nSPS) is 20.1. The van der Waals surface area contributed by atoms with Crippen molar-refractivity contribution in [3.63, 3.8) is 0 Å². The Labute approximate surface area is 85.0 Å². The summed E-state index contributed by atoms with van der Waals surface area (Å²) in [5, 5.41) is 2.99. The number of benzene rings is 1. The topological polar surface area (TPSA) is 24.6 Å². The van der Waals surface area contributed by atoms with Gasteiger partial charge in [0.1, 0.15) is 0 Å². The van der Waals surface area contributed by atoms with E-state index in [0.29, 0.717) is 12.2 Å². The van der Waals surface area contributed by atoms with Crippen molar-refractivity contribution >= 4 is 5.69 Å². The number of rotatable bonds is 3. The van der Waals surface area contributed by atoms with Crippen molar-refractivity contribution in [1.82, 2.24) is 0 Å². The molecule has 1 N–H and O–H groups in total. The van der Waals surface area contributed by atoms with E-state index in [-0.39, 0.29) is 6.10 Å². The summed E-state index contributed by atoms with van der Waals surface area (Å²) >= 11 is 0. The number of alkyl halides is 3. The molecule has 82 valence electrons. The summed E-state index contributed by atoms with van der Waals surface area (Å²) in [6.45, 7) is 1.37. The molecule has 0 saturated carbocycles. The van der Waals surface area contributed by atoms with Crippen molar-refractivity contribution in [2.24, 2.45) is 0 Å². The first-order valence-corrected chi connectivity index (χ1v) is 4.58. The number of ether oxygens (including phenoxy) is 1. The maximum atomic E-state index is 12.2. The number of epoxide rings is 1. The van der Waals surface area contributed by atoms with Crippen molar-refractivity contribution < 1.29 is 17.9 Å². The predicted molar refractivity (Wildman–Crippen MR) is 49.7 cm³/mol. The molecular weight excluding hydrogens is 207 g/mol. The van der Waals surface area contributed by atoms with Gasteiger partial charge < -0.3 is 10.1 Å². The van der Waals surface area contributed by atoms with Gasteiger partial charge in [-0.2, -0.15) is 13.2 Å². The Balaban J connectivity index is 1.96. The van der Waals surface area contributed by atoms with Crippen molar-refractivity contribution in [3.8, 4) is 0 Å². The van der Waals surface area contributed by atoms with Gasteiger partial charge in [-0.1, -0.05) is 0 Å². The Morgan fingerprint density at radius 3 is 2.33 bits per heavy atom. The van der Waals surface area contributed by atoms with E-state index < -0.39 is 11.7 Å². The van der Waals surface area contributed by atoms with E-state index >= 15 is 0 Å². The second-order valence-electron chi connectivity index (χ2n) is 3.41. The van der Waals surface area contributed by atoms with Gasteiger partial charge in [0.05, 0.1) is 18.3 Å². The lowest BCUT2D eigenvalue weighted by Gasteiger charge is -2.08. The molecule has 0 aromatic heterocycles. The Kier molecular flexibility index (Phi) is 2.56. The minimum absolute atomic E-state index is 0.215. The number of nitrogens with one attached hydrogen (secondary N) is 1. The molecule has 1 saturated heterocycles. The fraction of sp³-hybridized carbons (Fsp3) is 0.400. The number of hydrogen-bond donors (Lipinski definition) is 1. The SMILES string of the molecule is FC(F)(F)c1ccc(NCC2CO2)cc1. The Bertz CT molecular complexity index is 330. The fourth-order valence-corrected chi connectivity index (χ4v) is 1.19. The highest BCUT2D eigenvalue weighted by Crippen LogP contribution is 2.29. The summed E-state index contributed by atoms with van der Waals surface area (Å²) in [4.78, 5) is 0. The number of anilines is 1. The van der Waals surface area contributed by atoms with E-state index in [0.717, 1.165) is 18.7 Å². The second-order valence-corrected chi connectivity index (χ2v) is 3.41. The first-order chi connectivity index (χ1) is 7.05. The van der Waals surface area contributed by atoms with E-state index in [2.05, 4.69) is 5.32 Å². The molecule has 2 nitrogen and oxygen atoms in total. The molecule has 1 fully saturated rings. The molecule has 1 aliphatic rings. The molecule has 1 aromatic carbocycles. The molecule has 1 unspecified atom stereocenters. The average molecular weight is 217 g/mol. The van der Waals surface area contributed by atoms with Crippen LogP contribution >= 0.6 is 0 Å². The zero-order valence-corrected chi connectivity index (χ0v) is 7.84. The van der Waals surface area contributed by atoms with Crippen LogP contribution in [0, 0.1) is 0 Å². The standard InChI is InChI=1S/C10H10F3NO/c11-10(12,13)7-1-3-8(4-2-7)14-5-9-6-15-9/h1-4,9,14H,5-6H2. The van der Waals surface area contributed by atoms with Crippen LogP contribution in [0.4, 0.5) is 18.9 Å². The molecular formula is C10H10F3NO. The van der Waals surface area contributed by atoms with Gasteiger partial charge >= 0.3 is 6.18 Å². The van der Waals surface area contributed by atoms with Crippen molar-refractivity contribution in [2.45, 2.75) is 12.3 Å². The smallest absolute Gasteiger partial charge is 0.382 e. The Hall–Kier alpha value is -1.23. The van der Waals surface area contributed by atoms with Crippen LogP contribution in [-0.4, -0.2) is 19.3 Å². The third kappa shape index (κ3) is 2.86. The Morgan fingerprint density at radius 2 is 1.87 bits per heavy atom. The minimum atomic E-state index is -4.27. The monoisotopic (exact) mass is 217 g/mol. The van der Waals surface area contributed by atoms with Crippen LogP contribution in [0.2, 0.25) is 0 Å². The quantitative estimate of drug-likeness (QED) is 0.787. The molecule has 0 spiro atoms. The van der Waals surface area contributed by atoms with Gasteiger partial charge in [0.15, 0.2) is 0 Å². The van der Waals surface area contributed by atoms with Crippen LogP contribution in [0.1, 0.15) is 5.56 Å².